The molecule has 1 rings (SSSR count). The van der Waals surface area contributed by atoms with Gasteiger partial charge in [0.05, 0.1) is 6.61 Å². The topological polar surface area (TPSA) is 64.3 Å². The van der Waals surface area contributed by atoms with Gasteiger partial charge in [0.1, 0.15) is 5.75 Å². The third-order valence-corrected chi connectivity index (χ3v) is 1.93. The van der Waals surface area contributed by atoms with Crippen LogP contribution in [0.4, 0.5) is 0 Å². The summed E-state index contributed by atoms with van der Waals surface area (Å²) in [5.74, 6) is 0.434. The molecule has 0 fully saturated rings. The summed E-state index contributed by atoms with van der Waals surface area (Å²) in [5.41, 5.74) is 5.70. The van der Waals surface area contributed by atoms with E-state index in [2.05, 4.69) is 17.5 Å². The zero-order valence-electron chi connectivity index (χ0n) is 9.03. The first-order valence-electron chi connectivity index (χ1n) is 4.97. The summed E-state index contributed by atoms with van der Waals surface area (Å²) in [7, 11) is 0. The maximum atomic E-state index is 11.5. The van der Waals surface area contributed by atoms with Gasteiger partial charge in [-0.1, -0.05) is 6.92 Å². The number of carbonyl (C=O) groups excluding carboxylic acids is 1. The molecule has 0 unspecified atom stereocenters. The molecule has 86 valence electrons. The molecule has 0 atom stereocenters. The van der Waals surface area contributed by atoms with Crippen molar-refractivity contribution in [2.24, 2.45) is 5.73 Å². The van der Waals surface area contributed by atoms with Crippen molar-refractivity contribution in [2.75, 3.05) is 6.61 Å². The van der Waals surface area contributed by atoms with Crippen molar-refractivity contribution >= 4 is 23.2 Å². The van der Waals surface area contributed by atoms with Crippen molar-refractivity contribution < 1.29 is 9.53 Å². The van der Waals surface area contributed by atoms with Crippen molar-refractivity contribution in [1.29, 1.82) is 0 Å². The van der Waals surface area contributed by atoms with Gasteiger partial charge in [0.25, 0.3) is 5.91 Å². The average molecular weight is 238 g/mol. The maximum Gasteiger partial charge on any atom is 0.257 e. The van der Waals surface area contributed by atoms with E-state index in [1.54, 1.807) is 24.3 Å². The fraction of sp³-hybridized carbons (Fsp3) is 0.273. The monoisotopic (exact) mass is 238 g/mol. The van der Waals surface area contributed by atoms with Crippen LogP contribution in [0.5, 0.6) is 5.75 Å². The minimum Gasteiger partial charge on any atom is -0.494 e. The first kappa shape index (κ1) is 12.4. The predicted molar refractivity (Wildman–Crippen MR) is 66.5 cm³/mol. The van der Waals surface area contributed by atoms with Crippen LogP contribution in [0.3, 0.4) is 0 Å². The van der Waals surface area contributed by atoms with E-state index in [4.69, 9.17) is 10.5 Å². The van der Waals surface area contributed by atoms with Gasteiger partial charge in [-0.15, -0.1) is 0 Å². The van der Waals surface area contributed by atoms with E-state index in [9.17, 15) is 4.79 Å². The summed E-state index contributed by atoms with van der Waals surface area (Å²) >= 11 is 4.58. The van der Waals surface area contributed by atoms with Crippen LogP contribution in [0.1, 0.15) is 23.7 Å². The number of nitrogens with one attached hydrogen (secondary N) is 1. The lowest BCUT2D eigenvalue weighted by Gasteiger charge is -2.06. The zero-order chi connectivity index (χ0) is 12.0. The largest absolute Gasteiger partial charge is 0.494 e. The summed E-state index contributed by atoms with van der Waals surface area (Å²) in [4.78, 5) is 11.5. The molecule has 0 saturated heterocycles. The van der Waals surface area contributed by atoms with E-state index < -0.39 is 0 Å². The SMILES string of the molecule is CCCOc1ccc(C(=O)NC(N)=S)cc1. The van der Waals surface area contributed by atoms with Crippen molar-refractivity contribution in [3.63, 3.8) is 0 Å². The number of rotatable bonds is 4. The summed E-state index contributed by atoms with van der Waals surface area (Å²) in [6.45, 7) is 2.70. The molecule has 3 N–H and O–H groups in total. The molecule has 0 bridgehead atoms. The molecular formula is C11H14N2O2S. The van der Waals surface area contributed by atoms with Crippen molar-refractivity contribution in [3.05, 3.63) is 29.8 Å². The molecule has 0 saturated carbocycles. The van der Waals surface area contributed by atoms with E-state index in [0.717, 1.165) is 12.2 Å². The molecule has 16 heavy (non-hydrogen) atoms. The lowest BCUT2D eigenvalue weighted by molar-refractivity contribution is 0.0977. The molecule has 0 spiro atoms. The van der Waals surface area contributed by atoms with E-state index in [0.29, 0.717) is 12.2 Å². The van der Waals surface area contributed by atoms with E-state index in [1.165, 1.54) is 0 Å². The average Bonchev–Trinajstić information content (AvgIpc) is 2.26. The lowest BCUT2D eigenvalue weighted by atomic mass is 10.2. The first-order chi connectivity index (χ1) is 7.63. The Morgan fingerprint density at radius 3 is 2.56 bits per heavy atom. The van der Waals surface area contributed by atoms with Crippen LogP contribution < -0.4 is 15.8 Å². The number of amides is 1. The third kappa shape index (κ3) is 3.86. The van der Waals surface area contributed by atoms with Crippen LogP contribution in [0, 0.1) is 0 Å². The second-order valence-corrected chi connectivity index (χ2v) is 3.63. The molecule has 0 aliphatic rings. The van der Waals surface area contributed by atoms with Crippen molar-refractivity contribution in [2.45, 2.75) is 13.3 Å². The van der Waals surface area contributed by atoms with Gasteiger partial charge in [-0.3, -0.25) is 10.1 Å². The maximum absolute atomic E-state index is 11.5. The van der Waals surface area contributed by atoms with Gasteiger partial charge in [0.15, 0.2) is 5.11 Å². The second-order valence-electron chi connectivity index (χ2n) is 3.19. The van der Waals surface area contributed by atoms with Gasteiger partial charge < -0.3 is 10.5 Å². The standard InChI is InChI=1S/C11H14N2O2S/c1-2-7-15-9-5-3-8(4-6-9)10(14)13-11(12)16/h3-6H,2,7H2,1H3,(H3,12,13,14,16). The van der Waals surface area contributed by atoms with Crippen molar-refractivity contribution in [1.82, 2.24) is 5.32 Å². The fourth-order valence-electron chi connectivity index (χ4n) is 1.11. The third-order valence-electron chi connectivity index (χ3n) is 1.83. The minimum absolute atomic E-state index is 0.0312. The van der Waals surface area contributed by atoms with E-state index in [-0.39, 0.29) is 11.0 Å². The quantitative estimate of drug-likeness (QED) is 0.779. The highest BCUT2D eigenvalue weighted by Crippen LogP contribution is 2.12. The molecule has 0 aromatic heterocycles. The molecule has 1 amide bonds. The van der Waals surface area contributed by atoms with Crippen LogP contribution in [0.2, 0.25) is 0 Å². The van der Waals surface area contributed by atoms with Crippen LogP contribution in [0.15, 0.2) is 24.3 Å². The zero-order valence-corrected chi connectivity index (χ0v) is 9.84. The lowest BCUT2D eigenvalue weighted by Crippen LogP contribution is -2.34. The number of thiocarbonyl (C=S) groups is 1. The van der Waals surface area contributed by atoms with Crippen LogP contribution in [0.25, 0.3) is 0 Å². The number of nitrogens with two attached hydrogens (primary N) is 1. The van der Waals surface area contributed by atoms with Gasteiger partial charge in [-0.25, -0.2) is 0 Å². The Balaban J connectivity index is 2.63. The van der Waals surface area contributed by atoms with Gasteiger partial charge in [-0.05, 0) is 42.9 Å². The van der Waals surface area contributed by atoms with Gasteiger partial charge in [0, 0.05) is 5.56 Å². The number of ether oxygens (including phenoxy) is 1. The number of carbonyl (C=O) groups is 1. The smallest absolute Gasteiger partial charge is 0.257 e. The summed E-state index contributed by atoms with van der Waals surface area (Å²) in [6.07, 6.45) is 0.948. The highest BCUT2D eigenvalue weighted by molar-refractivity contribution is 7.80. The van der Waals surface area contributed by atoms with Crippen LogP contribution in [-0.2, 0) is 0 Å². The first-order valence-corrected chi connectivity index (χ1v) is 5.38. The predicted octanol–water partition coefficient (Wildman–Crippen LogP) is 1.45. The molecule has 0 heterocycles. The van der Waals surface area contributed by atoms with E-state index >= 15 is 0 Å². The summed E-state index contributed by atoms with van der Waals surface area (Å²) in [6, 6.07) is 6.81. The number of hydrogen-bond acceptors (Lipinski definition) is 3. The molecule has 1 aromatic rings. The van der Waals surface area contributed by atoms with Crippen molar-refractivity contribution in [3.8, 4) is 5.75 Å². The van der Waals surface area contributed by atoms with Gasteiger partial charge >= 0.3 is 0 Å². The molecule has 5 heteroatoms. The highest BCUT2D eigenvalue weighted by Gasteiger charge is 2.05. The highest BCUT2D eigenvalue weighted by atomic mass is 32.1. The Bertz CT molecular complexity index is 376. The Kier molecular flexibility index (Phi) is 4.72. The Morgan fingerprint density at radius 2 is 2.06 bits per heavy atom. The van der Waals surface area contributed by atoms with E-state index in [1.807, 2.05) is 6.92 Å². The molecule has 0 aliphatic carbocycles. The normalized spacial score (nSPS) is 9.56. The van der Waals surface area contributed by atoms with Gasteiger partial charge in [-0.2, -0.15) is 0 Å². The van der Waals surface area contributed by atoms with Crippen LogP contribution in [-0.4, -0.2) is 17.6 Å². The molecule has 4 nitrogen and oxygen atoms in total. The second kappa shape index (κ2) is 6.07. The Labute approximate surface area is 99.8 Å². The Hall–Kier alpha value is -1.62. The number of benzene rings is 1. The number of hydrogen-bond donors (Lipinski definition) is 2. The molecule has 0 aliphatic heterocycles. The molecule has 0 radical (unpaired) electrons. The fourth-order valence-corrected chi connectivity index (χ4v) is 1.20. The molecular weight excluding hydrogens is 224 g/mol. The summed E-state index contributed by atoms with van der Waals surface area (Å²) < 4.78 is 5.39. The van der Waals surface area contributed by atoms with Crippen LogP contribution >= 0.6 is 12.2 Å². The summed E-state index contributed by atoms with van der Waals surface area (Å²) in [5, 5.41) is 2.32. The molecule has 1 aromatic carbocycles. The minimum atomic E-state index is -0.311. The van der Waals surface area contributed by atoms with Gasteiger partial charge in [0.2, 0.25) is 0 Å². The Morgan fingerprint density at radius 1 is 1.44 bits per heavy atom.